The number of hydrogen-bond acceptors (Lipinski definition) is 5. The molecule has 144 valence electrons. The van der Waals surface area contributed by atoms with Gasteiger partial charge in [0.25, 0.3) is 5.91 Å². The van der Waals surface area contributed by atoms with E-state index in [2.05, 4.69) is 15.6 Å². The predicted octanol–water partition coefficient (Wildman–Crippen LogP) is 3.03. The van der Waals surface area contributed by atoms with Crippen molar-refractivity contribution in [1.29, 1.82) is 0 Å². The van der Waals surface area contributed by atoms with Gasteiger partial charge in [-0.2, -0.15) is 0 Å². The Hall–Kier alpha value is -2.87. The van der Waals surface area contributed by atoms with Gasteiger partial charge in [0.05, 0.1) is 5.56 Å². The van der Waals surface area contributed by atoms with Crippen molar-refractivity contribution in [3.8, 4) is 0 Å². The number of primary amides is 2. The fourth-order valence-electron chi connectivity index (χ4n) is 2.51. The zero-order chi connectivity index (χ0) is 20.1. The molecule has 0 saturated heterocycles. The first-order valence-electron chi connectivity index (χ1n) is 8.26. The summed E-state index contributed by atoms with van der Waals surface area (Å²) in [4.78, 5) is 27.0. The summed E-state index contributed by atoms with van der Waals surface area (Å²) >= 11 is 5.95. The minimum Gasteiger partial charge on any atom is -0.369 e. The molecule has 0 aliphatic rings. The normalized spacial score (nSPS) is 12.9. The van der Waals surface area contributed by atoms with Crippen LogP contribution in [0.5, 0.6) is 0 Å². The lowest BCUT2D eigenvalue weighted by molar-refractivity contribution is -0.121. The first-order valence-corrected chi connectivity index (χ1v) is 8.64. The van der Waals surface area contributed by atoms with E-state index in [0.29, 0.717) is 17.1 Å². The summed E-state index contributed by atoms with van der Waals surface area (Å²) < 4.78 is 14.4. The van der Waals surface area contributed by atoms with Crippen LogP contribution in [0, 0.1) is 11.7 Å². The van der Waals surface area contributed by atoms with Crippen molar-refractivity contribution in [2.75, 3.05) is 10.6 Å². The van der Waals surface area contributed by atoms with Gasteiger partial charge in [0.15, 0.2) is 11.6 Å². The van der Waals surface area contributed by atoms with Crippen LogP contribution in [0.3, 0.4) is 0 Å². The molecule has 0 aliphatic carbocycles. The Balaban J connectivity index is 2.31. The van der Waals surface area contributed by atoms with E-state index in [9.17, 15) is 14.0 Å². The summed E-state index contributed by atoms with van der Waals surface area (Å²) in [6.07, 6.45) is 0.394. The highest BCUT2D eigenvalue weighted by molar-refractivity contribution is 6.30. The van der Waals surface area contributed by atoms with Crippen molar-refractivity contribution in [1.82, 2.24) is 4.98 Å². The lowest BCUT2D eigenvalue weighted by Gasteiger charge is -2.19. The van der Waals surface area contributed by atoms with Gasteiger partial charge in [-0.3, -0.25) is 9.59 Å². The number of nitrogens with one attached hydrogen (secondary N) is 2. The molecule has 2 atom stereocenters. The van der Waals surface area contributed by atoms with Gasteiger partial charge < -0.3 is 22.1 Å². The Kier molecular flexibility index (Phi) is 6.57. The number of rotatable bonds is 8. The maximum atomic E-state index is 14.4. The van der Waals surface area contributed by atoms with Crippen molar-refractivity contribution in [2.24, 2.45) is 17.4 Å². The van der Waals surface area contributed by atoms with Crippen LogP contribution in [0.4, 0.5) is 21.7 Å². The van der Waals surface area contributed by atoms with Crippen molar-refractivity contribution in [2.45, 2.75) is 26.3 Å². The van der Waals surface area contributed by atoms with Crippen LogP contribution in [0.2, 0.25) is 5.02 Å². The van der Waals surface area contributed by atoms with E-state index in [0.717, 1.165) is 6.07 Å². The molecule has 0 radical (unpaired) electrons. The van der Waals surface area contributed by atoms with E-state index in [1.54, 1.807) is 38.1 Å². The molecule has 1 heterocycles. The summed E-state index contributed by atoms with van der Waals surface area (Å²) in [6.45, 7) is 3.46. The SMILES string of the molecule is CC(CC(C)C(N)=O)Nc1nc(Nc2cccc(Cl)c2)c(C(N)=O)cc1F. The molecule has 27 heavy (non-hydrogen) atoms. The summed E-state index contributed by atoms with van der Waals surface area (Å²) in [7, 11) is 0. The highest BCUT2D eigenvalue weighted by atomic mass is 35.5. The molecular weight excluding hydrogens is 373 g/mol. The van der Waals surface area contributed by atoms with E-state index in [1.165, 1.54) is 0 Å². The van der Waals surface area contributed by atoms with Gasteiger partial charge in [-0.05, 0) is 37.6 Å². The van der Waals surface area contributed by atoms with Crippen LogP contribution in [-0.2, 0) is 4.79 Å². The number of hydrogen-bond donors (Lipinski definition) is 4. The lowest BCUT2D eigenvalue weighted by Crippen LogP contribution is -2.28. The molecule has 0 spiro atoms. The van der Waals surface area contributed by atoms with Gasteiger partial charge in [-0.15, -0.1) is 0 Å². The molecule has 0 aliphatic heterocycles. The Morgan fingerprint density at radius 2 is 1.93 bits per heavy atom. The summed E-state index contributed by atoms with van der Waals surface area (Å²) in [6, 6.07) is 7.47. The number of halogens is 2. The summed E-state index contributed by atoms with van der Waals surface area (Å²) in [5.74, 6) is -2.38. The number of carbonyl (C=O) groups excluding carboxylic acids is 2. The second-order valence-corrected chi connectivity index (χ2v) is 6.74. The van der Waals surface area contributed by atoms with Gasteiger partial charge in [-0.1, -0.05) is 24.6 Å². The Morgan fingerprint density at radius 1 is 1.22 bits per heavy atom. The van der Waals surface area contributed by atoms with Gasteiger partial charge in [0.2, 0.25) is 5.91 Å². The number of amides is 2. The van der Waals surface area contributed by atoms with Crippen LogP contribution in [0.1, 0.15) is 30.6 Å². The molecule has 6 N–H and O–H groups in total. The molecule has 9 heteroatoms. The van der Waals surface area contributed by atoms with Crippen LogP contribution in [-0.4, -0.2) is 22.8 Å². The maximum Gasteiger partial charge on any atom is 0.252 e. The second kappa shape index (κ2) is 8.68. The third kappa shape index (κ3) is 5.55. The molecule has 0 saturated carbocycles. The Labute approximate surface area is 161 Å². The van der Waals surface area contributed by atoms with Crippen molar-refractivity contribution >= 4 is 40.7 Å². The summed E-state index contributed by atoms with van der Waals surface area (Å²) in [5.41, 5.74) is 11.0. The largest absolute Gasteiger partial charge is 0.369 e. The van der Waals surface area contributed by atoms with Crippen molar-refractivity contribution in [3.63, 3.8) is 0 Å². The average Bonchev–Trinajstić information content (AvgIpc) is 2.57. The average molecular weight is 394 g/mol. The number of anilines is 3. The maximum absolute atomic E-state index is 14.4. The molecule has 1 aromatic heterocycles. The molecule has 2 aromatic rings. The third-order valence-electron chi connectivity index (χ3n) is 3.90. The Bertz CT molecular complexity index is 862. The molecule has 2 unspecified atom stereocenters. The Morgan fingerprint density at radius 3 is 2.52 bits per heavy atom. The van der Waals surface area contributed by atoms with Crippen LogP contribution in [0.25, 0.3) is 0 Å². The molecule has 0 bridgehead atoms. The van der Waals surface area contributed by atoms with E-state index in [4.69, 9.17) is 23.1 Å². The lowest BCUT2D eigenvalue weighted by atomic mass is 10.0. The fourth-order valence-corrected chi connectivity index (χ4v) is 2.71. The second-order valence-electron chi connectivity index (χ2n) is 6.30. The van der Waals surface area contributed by atoms with E-state index in [1.807, 2.05) is 0 Å². The van der Waals surface area contributed by atoms with Crippen molar-refractivity contribution in [3.05, 3.63) is 46.7 Å². The van der Waals surface area contributed by atoms with Gasteiger partial charge >= 0.3 is 0 Å². The van der Waals surface area contributed by atoms with E-state index in [-0.39, 0.29) is 29.2 Å². The minimum absolute atomic E-state index is 0.0753. The molecule has 2 rings (SSSR count). The van der Waals surface area contributed by atoms with Crippen molar-refractivity contribution < 1.29 is 14.0 Å². The predicted molar refractivity (Wildman–Crippen MR) is 104 cm³/mol. The standard InChI is InChI=1S/C18H21ClFN5O2/c1-9(15(21)26)6-10(2)23-18-14(20)8-13(16(22)27)17(25-18)24-12-5-3-4-11(19)7-12/h3-5,7-10H,6H2,1-2H3,(H2,21,26)(H2,22,27)(H2,23,24,25). The smallest absolute Gasteiger partial charge is 0.252 e. The minimum atomic E-state index is -0.826. The molecule has 7 nitrogen and oxygen atoms in total. The van der Waals surface area contributed by atoms with E-state index < -0.39 is 17.6 Å². The monoisotopic (exact) mass is 393 g/mol. The first-order chi connectivity index (χ1) is 12.7. The number of nitrogens with two attached hydrogens (primary N) is 2. The van der Waals surface area contributed by atoms with Crippen LogP contribution in [0.15, 0.2) is 30.3 Å². The zero-order valence-electron chi connectivity index (χ0n) is 14.9. The van der Waals surface area contributed by atoms with Crippen LogP contribution >= 0.6 is 11.6 Å². The molecule has 0 fully saturated rings. The topological polar surface area (TPSA) is 123 Å². The molecule has 1 aromatic carbocycles. The molecular formula is C18H21ClFN5O2. The summed E-state index contributed by atoms with van der Waals surface area (Å²) in [5, 5.41) is 6.29. The highest BCUT2D eigenvalue weighted by Gasteiger charge is 2.19. The molecule has 2 amide bonds. The van der Waals surface area contributed by atoms with Gasteiger partial charge in [0.1, 0.15) is 5.82 Å². The number of benzene rings is 1. The third-order valence-corrected chi connectivity index (χ3v) is 4.14. The zero-order valence-corrected chi connectivity index (χ0v) is 15.7. The quantitative estimate of drug-likeness (QED) is 0.549. The highest BCUT2D eigenvalue weighted by Crippen LogP contribution is 2.26. The number of pyridine rings is 1. The van der Waals surface area contributed by atoms with Crippen LogP contribution < -0.4 is 22.1 Å². The number of carbonyl (C=O) groups is 2. The van der Waals surface area contributed by atoms with E-state index >= 15 is 0 Å². The first kappa shape index (κ1) is 20.4. The number of aromatic nitrogens is 1. The fraction of sp³-hybridized carbons (Fsp3) is 0.278. The number of nitrogens with zero attached hydrogens (tertiary/aromatic N) is 1. The van der Waals surface area contributed by atoms with Gasteiger partial charge in [-0.25, -0.2) is 9.37 Å². The van der Waals surface area contributed by atoms with Gasteiger partial charge in [0, 0.05) is 22.7 Å².